The van der Waals surface area contributed by atoms with Gasteiger partial charge in [0.05, 0.1) is 5.56 Å². The van der Waals surface area contributed by atoms with Crippen molar-refractivity contribution in [2.75, 3.05) is 5.32 Å². The van der Waals surface area contributed by atoms with Crippen LogP contribution in [-0.4, -0.2) is 11.1 Å². The van der Waals surface area contributed by atoms with E-state index >= 15 is 0 Å². The summed E-state index contributed by atoms with van der Waals surface area (Å²) in [6.07, 6.45) is 0. The molecule has 0 aliphatic heterocycles. The summed E-state index contributed by atoms with van der Waals surface area (Å²) in [5.74, 6) is -1.34. The fourth-order valence-electron chi connectivity index (χ4n) is 1.59. The number of hydrogen-bond donors (Lipinski definition) is 2. The van der Waals surface area contributed by atoms with E-state index in [0.717, 1.165) is 11.3 Å². The Bertz CT molecular complexity index is 599. The number of carbonyl (C=O) groups is 1. The molecule has 0 aliphatic carbocycles. The largest absolute Gasteiger partial charge is 0.478 e. The van der Waals surface area contributed by atoms with Gasteiger partial charge in [-0.15, -0.1) is 0 Å². The molecule has 0 aliphatic rings. The quantitative estimate of drug-likeness (QED) is 0.895. The van der Waals surface area contributed by atoms with Gasteiger partial charge in [0.25, 0.3) is 0 Å². The van der Waals surface area contributed by atoms with E-state index in [9.17, 15) is 9.18 Å². The topological polar surface area (TPSA) is 49.3 Å². The summed E-state index contributed by atoms with van der Waals surface area (Å²) in [4.78, 5) is 10.7. The van der Waals surface area contributed by atoms with Crippen LogP contribution in [0.25, 0.3) is 0 Å². The number of carboxylic acid groups (broad SMARTS) is 1. The Hall–Kier alpha value is -2.07. The highest BCUT2D eigenvalue weighted by Crippen LogP contribution is 2.19. The predicted octanol–water partition coefficient (Wildman–Crippen LogP) is 3.79. The molecular formula is C14H11ClFNO2. The molecule has 0 heterocycles. The highest BCUT2D eigenvalue weighted by molar-refractivity contribution is 6.31. The molecule has 0 radical (unpaired) electrons. The fraction of sp³-hybridized carbons (Fsp3) is 0.0714. The van der Waals surface area contributed by atoms with Crippen LogP contribution in [0.3, 0.4) is 0 Å². The van der Waals surface area contributed by atoms with Crippen molar-refractivity contribution in [3.63, 3.8) is 0 Å². The molecule has 2 N–H and O–H groups in total. The molecule has 0 unspecified atom stereocenters. The number of aromatic carboxylic acids is 1. The SMILES string of the molecule is O=C(O)c1ccc(NCc2ccc(F)cc2Cl)cc1. The van der Waals surface area contributed by atoms with Crippen LogP contribution in [-0.2, 0) is 6.54 Å². The Balaban J connectivity index is 2.04. The highest BCUT2D eigenvalue weighted by Gasteiger charge is 2.03. The zero-order chi connectivity index (χ0) is 13.8. The molecule has 3 nitrogen and oxygen atoms in total. The molecule has 0 bridgehead atoms. The molecule has 2 aromatic carbocycles. The summed E-state index contributed by atoms with van der Waals surface area (Å²) < 4.78 is 12.9. The third-order valence-electron chi connectivity index (χ3n) is 2.63. The third-order valence-corrected chi connectivity index (χ3v) is 2.98. The van der Waals surface area contributed by atoms with Crippen molar-refractivity contribution in [3.8, 4) is 0 Å². The lowest BCUT2D eigenvalue weighted by Gasteiger charge is -2.08. The van der Waals surface area contributed by atoms with Gasteiger partial charge in [-0.25, -0.2) is 9.18 Å². The summed E-state index contributed by atoms with van der Waals surface area (Å²) in [7, 11) is 0. The van der Waals surface area contributed by atoms with Crippen molar-refractivity contribution in [1.82, 2.24) is 0 Å². The first-order valence-electron chi connectivity index (χ1n) is 5.57. The van der Waals surface area contributed by atoms with Crippen molar-refractivity contribution in [2.45, 2.75) is 6.54 Å². The fourth-order valence-corrected chi connectivity index (χ4v) is 1.83. The smallest absolute Gasteiger partial charge is 0.335 e. The second-order valence-electron chi connectivity index (χ2n) is 3.97. The summed E-state index contributed by atoms with van der Waals surface area (Å²) in [6.45, 7) is 0.436. The van der Waals surface area contributed by atoms with Gasteiger partial charge in [0, 0.05) is 17.3 Å². The van der Waals surface area contributed by atoms with Crippen LogP contribution >= 0.6 is 11.6 Å². The molecule has 0 aromatic heterocycles. The van der Waals surface area contributed by atoms with E-state index in [1.807, 2.05) is 0 Å². The molecular weight excluding hydrogens is 269 g/mol. The Kier molecular flexibility index (Phi) is 4.02. The van der Waals surface area contributed by atoms with Crippen LogP contribution in [0.5, 0.6) is 0 Å². The van der Waals surface area contributed by atoms with E-state index in [2.05, 4.69) is 5.32 Å². The van der Waals surface area contributed by atoms with Gasteiger partial charge < -0.3 is 10.4 Å². The van der Waals surface area contributed by atoms with Gasteiger partial charge >= 0.3 is 5.97 Å². The molecule has 0 fully saturated rings. The molecule has 98 valence electrons. The van der Waals surface area contributed by atoms with Gasteiger partial charge in [0.15, 0.2) is 0 Å². The van der Waals surface area contributed by atoms with Crippen molar-refractivity contribution in [1.29, 1.82) is 0 Å². The summed E-state index contributed by atoms with van der Waals surface area (Å²) >= 11 is 5.90. The average molecular weight is 280 g/mol. The normalized spacial score (nSPS) is 10.2. The Morgan fingerprint density at radius 3 is 2.47 bits per heavy atom. The van der Waals surface area contributed by atoms with E-state index in [4.69, 9.17) is 16.7 Å². The maximum Gasteiger partial charge on any atom is 0.335 e. The van der Waals surface area contributed by atoms with E-state index < -0.39 is 5.97 Å². The number of nitrogens with one attached hydrogen (secondary N) is 1. The third kappa shape index (κ3) is 3.45. The molecule has 5 heteroatoms. The zero-order valence-electron chi connectivity index (χ0n) is 9.86. The monoisotopic (exact) mass is 279 g/mol. The number of rotatable bonds is 4. The number of hydrogen-bond acceptors (Lipinski definition) is 2. The molecule has 0 spiro atoms. The number of halogens is 2. The minimum atomic E-state index is -0.965. The average Bonchev–Trinajstić information content (AvgIpc) is 2.38. The Morgan fingerprint density at radius 1 is 1.21 bits per heavy atom. The van der Waals surface area contributed by atoms with E-state index in [1.54, 1.807) is 18.2 Å². The molecule has 0 saturated carbocycles. The summed E-state index contributed by atoms with van der Waals surface area (Å²) in [5.41, 5.74) is 1.76. The number of anilines is 1. The van der Waals surface area contributed by atoms with Crippen LogP contribution in [0.4, 0.5) is 10.1 Å². The highest BCUT2D eigenvalue weighted by atomic mass is 35.5. The summed E-state index contributed by atoms with van der Waals surface area (Å²) in [6, 6.07) is 10.6. The lowest BCUT2D eigenvalue weighted by Crippen LogP contribution is -2.01. The molecule has 0 saturated heterocycles. The Labute approximate surface area is 114 Å². The lowest BCUT2D eigenvalue weighted by atomic mass is 10.2. The second kappa shape index (κ2) is 5.71. The minimum Gasteiger partial charge on any atom is -0.478 e. The first kappa shape index (κ1) is 13.4. The van der Waals surface area contributed by atoms with Crippen molar-refractivity contribution in [3.05, 3.63) is 64.4 Å². The number of carboxylic acids is 1. The molecule has 2 rings (SSSR count). The van der Waals surface area contributed by atoms with E-state index in [1.165, 1.54) is 24.3 Å². The van der Waals surface area contributed by atoms with E-state index in [-0.39, 0.29) is 11.4 Å². The maximum atomic E-state index is 12.9. The van der Waals surface area contributed by atoms with Gasteiger partial charge in [-0.2, -0.15) is 0 Å². The zero-order valence-corrected chi connectivity index (χ0v) is 10.6. The summed E-state index contributed by atoms with van der Waals surface area (Å²) in [5, 5.41) is 12.2. The first-order valence-corrected chi connectivity index (χ1v) is 5.95. The van der Waals surface area contributed by atoms with Crippen LogP contribution in [0.1, 0.15) is 15.9 Å². The molecule has 0 atom stereocenters. The molecule has 19 heavy (non-hydrogen) atoms. The van der Waals surface area contributed by atoms with Crippen molar-refractivity contribution in [2.24, 2.45) is 0 Å². The van der Waals surface area contributed by atoms with Gasteiger partial charge in [0.1, 0.15) is 5.82 Å². The lowest BCUT2D eigenvalue weighted by molar-refractivity contribution is 0.0697. The van der Waals surface area contributed by atoms with Gasteiger partial charge in [-0.3, -0.25) is 0 Å². The predicted molar refractivity (Wildman–Crippen MR) is 72.1 cm³/mol. The van der Waals surface area contributed by atoms with Gasteiger partial charge in [-0.1, -0.05) is 17.7 Å². The Morgan fingerprint density at radius 2 is 1.89 bits per heavy atom. The van der Waals surface area contributed by atoms with Crippen molar-refractivity contribution < 1.29 is 14.3 Å². The van der Waals surface area contributed by atoms with Gasteiger partial charge in [-0.05, 0) is 42.0 Å². The van der Waals surface area contributed by atoms with E-state index in [0.29, 0.717) is 11.6 Å². The first-order chi connectivity index (χ1) is 9.06. The van der Waals surface area contributed by atoms with Crippen LogP contribution in [0.15, 0.2) is 42.5 Å². The maximum absolute atomic E-state index is 12.9. The standard InChI is InChI=1S/C14H11ClFNO2/c15-13-7-11(16)4-1-10(13)8-17-12-5-2-9(3-6-12)14(18)19/h1-7,17H,8H2,(H,18,19). The van der Waals surface area contributed by atoms with Crippen LogP contribution in [0, 0.1) is 5.82 Å². The molecule has 0 amide bonds. The minimum absolute atomic E-state index is 0.227. The van der Waals surface area contributed by atoms with Crippen LogP contribution < -0.4 is 5.32 Å². The molecule has 2 aromatic rings. The number of benzene rings is 2. The van der Waals surface area contributed by atoms with Crippen molar-refractivity contribution >= 4 is 23.3 Å². The van der Waals surface area contributed by atoms with Gasteiger partial charge in [0.2, 0.25) is 0 Å². The van der Waals surface area contributed by atoms with Crippen LogP contribution in [0.2, 0.25) is 5.02 Å². The second-order valence-corrected chi connectivity index (χ2v) is 4.38.